The van der Waals surface area contributed by atoms with Crippen molar-refractivity contribution in [1.82, 2.24) is 0 Å². The SMILES string of the molecule is CCCCCN(CC(C)C(=O)O)c1cc(C)ccc1OC. The van der Waals surface area contributed by atoms with Gasteiger partial charge in [0, 0.05) is 13.1 Å². The van der Waals surface area contributed by atoms with Crippen LogP contribution >= 0.6 is 0 Å². The minimum Gasteiger partial charge on any atom is -0.495 e. The lowest BCUT2D eigenvalue weighted by molar-refractivity contribution is -0.140. The molecule has 1 atom stereocenters. The Labute approximate surface area is 127 Å². The van der Waals surface area contributed by atoms with Gasteiger partial charge in [0.1, 0.15) is 5.75 Å². The van der Waals surface area contributed by atoms with Crippen molar-refractivity contribution in [2.45, 2.75) is 40.0 Å². The van der Waals surface area contributed by atoms with Gasteiger partial charge in [-0.25, -0.2) is 0 Å². The third-order valence-electron chi connectivity index (χ3n) is 3.62. The minimum atomic E-state index is -0.762. The fourth-order valence-electron chi connectivity index (χ4n) is 2.32. The highest BCUT2D eigenvalue weighted by molar-refractivity contribution is 5.71. The molecule has 0 spiro atoms. The number of rotatable bonds is 9. The molecule has 0 aromatic heterocycles. The summed E-state index contributed by atoms with van der Waals surface area (Å²) < 4.78 is 5.44. The van der Waals surface area contributed by atoms with Crippen LogP contribution in [0, 0.1) is 12.8 Å². The summed E-state index contributed by atoms with van der Waals surface area (Å²) >= 11 is 0. The first-order valence-electron chi connectivity index (χ1n) is 7.62. The molecule has 1 N–H and O–H groups in total. The van der Waals surface area contributed by atoms with Gasteiger partial charge in [-0.05, 0) is 31.0 Å². The van der Waals surface area contributed by atoms with Gasteiger partial charge in [0.2, 0.25) is 0 Å². The number of aryl methyl sites for hydroxylation is 1. The van der Waals surface area contributed by atoms with Gasteiger partial charge in [-0.2, -0.15) is 0 Å². The summed E-state index contributed by atoms with van der Waals surface area (Å²) in [4.78, 5) is 13.3. The van der Waals surface area contributed by atoms with Crippen LogP contribution in [0.3, 0.4) is 0 Å². The summed E-state index contributed by atoms with van der Waals surface area (Å²) in [5.41, 5.74) is 2.14. The fraction of sp³-hybridized carbons (Fsp3) is 0.588. The monoisotopic (exact) mass is 293 g/mol. The Hall–Kier alpha value is -1.71. The molecule has 0 aliphatic rings. The third-order valence-corrected chi connectivity index (χ3v) is 3.62. The fourth-order valence-corrected chi connectivity index (χ4v) is 2.32. The number of carbonyl (C=O) groups is 1. The van der Waals surface area contributed by atoms with E-state index in [0.717, 1.165) is 42.8 Å². The lowest BCUT2D eigenvalue weighted by Crippen LogP contribution is -2.33. The maximum absolute atomic E-state index is 11.2. The molecule has 0 fully saturated rings. The topological polar surface area (TPSA) is 49.8 Å². The van der Waals surface area contributed by atoms with Gasteiger partial charge < -0.3 is 14.7 Å². The Morgan fingerprint density at radius 2 is 2.10 bits per heavy atom. The minimum absolute atomic E-state index is 0.406. The van der Waals surface area contributed by atoms with Gasteiger partial charge in [0.15, 0.2) is 0 Å². The Bertz CT molecular complexity index is 459. The normalized spacial score (nSPS) is 12.0. The summed E-state index contributed by atoms with van der Waals surface area (Å²) in [6, 6.07) is 6.02. The second-order valence-electron chi connectivity index (χ2n) is 5.57. The van der Waals surface area contributed by atoms with Crippen LogP contribution in [0.4, 0.5) is 5.69 Å². The lowest BCUT2D eigenvalue weighted by Gasteiger charge is -2.28. The number of methoxy groups -OCH3 is 1. The average Bonchev–Trinajstić information content (AvgIpc) is 2.46. The molecule has 1 unspecified atom stereocenters. The number of unbranched alkanes of at least 4 members (excludes halogenated alkanes) is 2. The van der Waals surface area contributed by atoms with E-state index in [1.165, 1.54) is 0 Å². The molecule has 118 valence electrons. The predicted octanol–water partition coefficient (Wildman–Crippen LogP) is 3.72. The van der Waals surface area contributed by atoms with Crippen molar-refractivity contribution in [2.75, 3.05) is 25.1 Å². The molecule has 0 aliphatic carbocycles. The summed E-state index contributed by atoms with van der Waals surface area (Å²) in [6.07, 6.45) is 3.35. The van der Waals surface area contributed by atoms with E-state index >= 15 is 0 Å². The molecule has 0 amide bonds. The van der Waals surface area contributed by atoms with E-state index in [1.54, 1.807) is 14.0 Å². The largest absolute Gasteiger partial charge is 0.495 e. The first-order valence-corrected chi connectivity index (χ1v) is 7.62. The summed E-state index contributed by atoms with van der Waals surface area (Å²) in [5, 5.41) is 9.17. The zero-order valence-electron chi connectivity index (χ0n) is 13.6. The van der Waals surface area contributed by atoms with Gasteiger partial charge in [0.05, 0.1) is 18.7 Å². The molecule has 21 heavy (non-hydrogen) atoms. The molecule has 0 saturated heterocycles. The number of anilines is 1. The molecule has 0 radical (unpaired) electrons. The smallest absolute Gasteiger partial charge is 0.308 e. The maximum atomic E-state index is 11.2. The highest BCUT2D eigenvalue weighted by Gasteiger charge is 2.19. The zero-order valence-corrected chi connectivity index (χ0v) is 13.6. The number of ether oxygens (including phenoxy) is 1. The number of carboxylic acid groups (broad SMARTS) is 1. The van der Waals surface area contributed by atoms with Crippen LogP contribution in [0.1, 0.15) is 38.7 Å². The van der Waals surface area contributed by atoms with Crippen LogP contribution in [-0.4, -0.2) is 31.3 Å². The molecule has 0 aliphatic heterocycles. The van der Waals surface area contributed by atoms with Crippen LogP contribution in [-0.2, 0) is 4.79 Å². The molecular formula is C17H27NO3. The van der Waals surface area contributed by atoms with Crippen LogP contribution in [0.25, 0.3) is 0 Å². The number of benzene rings is 1. The van der Waals surface area contributed by atoms with Crippen molar-refractivity contribution < 1.29 is 14.6 Å². The molecular weight excluding hydrogens is 266 g/mol. The van der Waals surface area contributed by atoms with Crippen LogP contribution < -0.4 is 9.64 Å². The van der Waals surface area contributed by atoms with Crippen molar-refractivity contribution in [2.24, 2.45) is 5.92 Å². The van der Waals surface area contributed by atoms with E-state index in [2.05, 4.69) is 17.9 Å². The zero-order chi connectivity index (χ0) is 15.8. The van der Waals surface area contributed by atoms with Crippen LogP contribution in [0.15, 0.2) is 18.2 Å². The first-order chi connectivity index (χ1) is 9.99. The van der Waals surface area contributed by atoms with E-state index in [9.17, 15) is 9.90 Å². The van der Waals surface area contributed by atoms with E-state index < -0.39 is 11.9 Å². The van der Waals surface area contributed by atoms with Crippen LogP contribution in [0.2, 0.25) is 0 Å². The van der Waals surface area contributed by atoms with E-state index in [1.807, 2.05) is 19.1 Å². The van der Waals surface area contributed by atoms with Crippen LogP contribution in [0.5, 0.6) is 5.75 Å². The maximum Gasteiger partial charge on any atom is 0.308 e. The van der Waals surface area contributed by atoms with Gasteiger partial charge in [-0.3, -0.25) is 4.79 Å². The summed E-state index contributed by atoms with van der Waals surface area (Å²) in [6.45, 7) is 7.30. The Morgan fingerprint density at radius 3 is 2.67 bits per heavy atom. The van der Waals surface area contributed by atoms with Gasteiger partial charge in [-0.1, -0.05) is 32.8 Å². The number of hydrogen-bond donors (Lipinski definition) is 1. The molecule has 0 heterocycles. The van der Waals surface area contributed by atoms with Gasteiger partial charge in [0.25, 0.3) is 0 Å². The first kappa shape index (κ1) is 17.3. The average molecular weight is 293 g/mol. The molecule has 4 nitrogen and oxygen atoms in total. The molecule has 1 aromatic carbocycles. The number of aliphatic carboxylic acids is 1. The highest BCUT2D eigenvalue weighted by Crippen LogP contribution is 2.30. The highest BCUT2D eigenvalue weighted by atomic mass is 16.5. The quantitative estimate of drug-likeness (QED) is 0.705. The van der Waals surface area contributed by atoms with Crippen molar-refractivity contribution in [3.05, 3.63) is 23.8 Å². The lowest BCUT2D eigenvalue weighted by atomic mass is 10.1. The Morgan fingerprint density at radius 1 is 1.38 bits per heavy atom. The van der Waals surface area contributed by atoms with E-state index in [4.69, 9.17) is 4.74 Å². The number of hydrogen-bond acceptors (Lipinski definition) is 3. The van der Waals surface area contributed by atoms with Crippen molar-refractivity contribution in [3.8, 4) is 5.75 Å². The number of nitrogens with zero attached hydrogens (tertiary/aromatic N) is 1. The van der Waals surface area contributed by atoms with Crippen molar-refractivity contribution in [3.63, 3.8) is 0 Å². The second kappa shape index (κ2) is 8.55. The molecule has 0 bridgehead atoms. The Balaban J connectivity index is 2.98. The molecule has 1 aromatic rings. The van der Waals surface area contributed by atoms with Gasteiger partial charge in [-0.15, -0.1) is 0 Å². The van der Waals surface area contributed by atoms with Gasteiger partial charge >= 0.3 is 5.97 Å². The van der Waals surface area contributed by atoms with E-state index in [0.29, 0.717) is 6.54 Å². The third kappa shape index (κ3) is 5.29. The predicted molar refractivity (Wildman–Crippen MR) is 86.3 cm³/mol. The summed E-state index contributed by atoms with van der Waals surface area (Å²) in [7, 11) is 1.65. The second-order valence-corrected chi connectivity index (χ2v) is 5.57. The van der Waals surface area contributed by atoms with E-state index in [-0.39, 0.29) is 0 Å². The molecule has 1 rings (SSSR count). The number of carboxylic acids is 1. The summed E-state index contributed by atoms with van der Waals surface area (Å²) in [5.74, 6) is -0.367. The van der Waals surface area contributed by atoms with Crippen molar-refractivity contribution >= 4 is 11.7 Å². The standard InChI is InChI=1S/C17H27NO3/c1-5-6-7-10-18(12-14(3)17(19)20)15-11-13(2)8-9-16(15)21-4/h8-9,11,14H,5-7,10,12H2,1-4H3,(H,19,20). The molecule has 0 saturated carbocycles. The Kier molecular flexibility index (Phi) is 7.06. The van der Waals surface area contributed by atoms with Crippen molar-refractivity contribution in [1.29, 1.82) is 0 Å². The molecule has 4 heteroatoms.